The Kier molecular flexibility index (Phi) is 2.96. The molecule has 0 amide bonds. The largest absolute Gasteiger partial charge is 0.324 e. The molecular formula is C10H12Cl2N2. The van der Waals surface area contributed by atoms with E-state index in [0.717, 1.165) is 5.56 Å². The fourth-order valence-corrected chi connectivity index (χ4v) is 2.20. The minimum atomic E-state index is 0.0148. The second kappa shape index (κ2) is 4.05. The molecule has 2 N–H and O–H groups in total. The molecule has 0 unspecified atom stereocenters. The quantitative estimate of drug-likeness (QED) is 0.794. The van der Waals surface area contributed by atoms with E-state index >= 15 is 0 Å². The summed E-state index contributed by atoms with van der Waals surface area (Å²) in [5.41, 5.74) is 7.00. The van der Waals surface area contributed by atoms with E-state index in [2.05, 4.69) is 4.98 Å². The summed E-state index contributed by atoms with van der Waals surface area (Å²) in [4.78, 5) is 3.99. The smallest absolute Gasteiger partial charge is 0.135 e. The van der Waals surface area contributed by atoms with Gasteiger partial charge >= 0.3 is 0 Å². The van der Waals surface area contributed by atoms with Crippen LogP contribution in [0.4, 0.5) is 0 Å². The molecule has 0 bridgehead atoms. The molecule has 0 spiro atoms. The number of pyridine rings is 1. The second-order valence-electron chi connectivity index (χ2n) is 3.73. The minimum absolute atomic E-state index is 0.0148. The van der Waals surface area contributed by atoms with Crippen molar-refractivity contribution in [2.75, 3.05) is 0 Å². The maximum absolute atomic E-state index is 6.08. The Balaban J connectivity index is 2.22. The van der Waals surface area contributed by atoms with Crippen LogP contribution in [0.3, 0.4) is 0 Å². The fraction of sp³-hybridized carbons (Fsp3) is 0.500. The molecule has 0 radical (unpaired) electrons. The summed E-state index contributed by atoms with van der Waals surface area (Å²) in [6, 6.07) is 3.63. The van der Waals surface area contributed by atoms with Crippen LogP contribution in [-0.2, 0) is 0 Å². The molecule has 1 aliphatic carbocycles. The van der Waals surface area contributed by atoms with Crippen molar-refractivity contribution in [2.24, 2.45) is 11.7 Å². The molecule has 4 heteroatoms. The number of nitrogens with zero attached hydrogens (tertiary/aromatic N) is 1. The highest BCUT2D eigenvalue weighted by molar-refractivity contribution is 6.32. The Bertz CT molecular complexity index is 337. The Morgan fingerprint density at radius 3 is 2.57 bits per heavy atom. The molecule has 76 valence electrons. The highest BCUT2D eigenvalue weighted by atomic mass is 35.5. The molecule has 1 aromatic rings. The first-order valence-corrected chi connectivity index (χ1v) is 5.51. The zero-order valence-corrected chi connectivity index (χ0v) is 9.22. The van der Waals surface area contributed by atoms with Crippen molar-refractivity contribution in [2.45, 2.75) is 25.3 Å². The summed E-state index contributed by atoms with van der Waals surface area (Å²) in [6.45, 7) is 0. The lowest BCUT2D eigenvalue weighted by molar-refractivity contribution is 0.264. The molecule has 0 saturated heterocycles. The number of nitrogens with two attached hydrogens (primary N) is 1. The third kappa shape index (κ3) is 1.88. The molecule has 2 rings (SSSR count). The monoisotopic (exact) mass is 230 g/mol. The summed E-state index contributed by atoms with van der Waals surface area (Å²) >= 11 is 11.7. The second-order valence-corrected chi connectivity index (χ2v) is 4.48. The Morgan fingerprint density at radius 1 is 1.36 bits per heavy atom. The van der Waals surface area contributed by atoms with E-state index in [9.17, 15) is 0 Å². The van der Waals surface area contributed by atoms with Crippen LogP contribution in [0.25, 0.3) is 0 Å². The molecule has 1 aromatic heterocycles. The van der Waals surface area contributed by atoms with Crippen LogP contribution in [0, 0.1) is 5.92 Å². The fourth-order valence-electron chi connectivity index (χ4n) is 1.72. The Hall–Kier alpha value is -0.310. The van der Waals surface area contributed by atoms with Crippen LogP contribution < -0.4 is 5.73 Å². The standard InChI is InChI=1S/C10H12Cl2N2/c11-8-5-4-7(10(12)14-8)9(13)6-2-1-3-6/h4-6,9H,1-3,13H2/t9-/m0/s1. The third-order valence-electron chi connectivity index (χ3n) is 2.86. The van der Waals surface area contributed by atoms with Gasteiger partial charge in [0.05, 0.1) is 0 Å². The first-order chi connectivity index (χ1) is 6.68. The number of aromatic nitrogens is 1. The van der Waals surface area contributed by atoms with Crippen LogP contribution in [0.1, 0.15) is 30.9 Å². The average molecular weight is 231 g/mol. The van der Waals surface area contributed by atoms with Gasteiger partial charge in [-0.25, -0.2) is 4.98 Å². The van der Waals surface area contributed by atoms with Crippen LogP contribution in [0.15, 0.2) is 12.1 Å². The predicted octanol–water partition coefficient (Wildman–Crippen LogP) is 3.19. The summed E-state index contributed by atoms with van der Waals surface area (Å²) in [5.74, 6) is 0.565. The van der Waals surface area contributed by atoms with E-state index in [4.69, 9.17) is 28.9 Å². The van der Waals surface area contributed by atoms with E-state index in [0.29, 0.717) is 16.2 Å². The van der Waals surface area contributed by atoms with Crippen LogP contribution in [0.2, 0.25) is 10.3 Å². The van der Waals surface area contributed by atoms with Crippen molar-refractivity contribution in [3.8, 4) is 0 Å². The molecular weight excluding hydrogens is 219 g/mol. The van der Waals surface area contributed by atoms with Gasteiger partial charge in [-0.2, -0.15) is 0 Å². The summed E-state index contributed by atoms with van der Waals surface area (Å²) in [7, 11) is 0. The van der Waals surface area contributed by atoms with Gasteiger partial charge in [0.1, 0.15) is 10.3 Å². The maximum atomic E-state index is 6.08. The topological polar surface area (TPSA) is 38.9 Å². The zero-order chi connectivity index (χ0) is 10.1. The van der Waals surface area contributed by atoms with E-state index in [1.54, 1.807) is 6.07 Å². The number of halogens is 2. The first kappa shape index (κ1) is 10.2. The molecule has 0 aliphatic heterocycles. The molecule has 1 heterocycles. The lowest BCUT2D eigenvalue weighted by Gasteiger charge is -2.31. The lowest BCUT2D eigenvalue weighted by Crippen LogP contribution is -2.27. The van der Waals surface area contributed by atoms with E-state index < -0.39 is 0 Å². The van der Waals surface area contributed by atoms with Crippen LogP contribution in [0.5, 0.6) is 0 Å². The van der Waals surface area contributed by atoms with Gasteiger partial charge in [0, 0.05) is 11.6 Å². The molecule has 1 fully saturated rings. The molecule has 2 nitrogen and oxygen atoms in total. The van der Waals surface area contributed by atoms with E-state index in [-0.39, 0.29) is 6.04 Å². The van der Waals surface area contributed by atoms with Crippen molar-refractivity contribution in [3.05, 3.63) is 28.0 Å². The van der Waals surface area contributed by atoms with E-state index in [1.165, 1.54) is 19.3 Å². The van der Waals surface area contributed by atoms with Gasteiger partial charge < -0.3 is 5.73 Å². The van der Waals surface area contributed by atoms with Gasteiger partial charge in [-0.05, 0) is 24.8 Å². The van der Waals surface area contributed by atoms with Gasteiger partial charge in [0.2, 0.25) is 0 Å². The van der Waals surface area contributed by atoms with Gasteiger partial charge in [0.15, 0.2) is 0 Å². The third-order valence-corrected chi connectivity index (χ3v) is 3.37. The Morgan fingerprint density at radius 2 is 2.07 bits per heavy atom. The number of hydrogen-bond donors (Lipinski definition) is 1. The zero-order valence-electron chi connectivity index (χ0n) is 7.71. The van der Waals surface area contributed by atoms with Crippen molar-refractivity contribution >= 4 is 23.2 Å². The van der Waals surface area contributed by atoms with Crippen molar-refractivity contribution in [3.63, 3.8) is 0 Å². The number of rotatable bonds is 2. The minimum Gasteiger partial charge on any atom is -0.324 e. The van der Waals surface area contributed by atoms with Crippen molar-refractivity contribution in [1.29, 1.82) is 0 Å². The molecule has 1 aliphatic rings. The van der Waals surface area contributed by atoms with Gasteiger partial charge in [0.25, 0.3) is 0 Å². The van der Waals surface area contributed by atoms with Crippen LogP contribution >= 0.6 is 23.2 Å². The first-order valence-electron chi connectivity index (χ1n) is 4.76. The SMILES string of the molecule is N[C@H](c1ccc(Cl)nc1Cl)C1CCC1. The number of hydrogen-bond acceptors (Lipinski definition) is 2. The lowest BCUT2D eigenvalue weighted by atomic mass is 9.78. The summed E-state index contributed by atoms with van der Waals surface area (Å²) in [6.07, 6.45) is 3.66. The molecule has 1 atom stereocenters. The van der Waals surface area contributed by atoms with Gasteiger partial charge in [-0.15, -0.1) is 0 Å². The van der Waals surface area contributed by atoms with Crippen LogP contribution in [-0.4, -0.2) is 4.98 Å². The molecule has 0 aromatic carbocycles. The molecule has 1 saturated carbocycles. The molecule has 14 heavy (non-hydrogen) atoms. The summed E-state index contributed by atoms with van der Waals surface area (Å²) < 4.78 is 0. The maximum Gasteiger partial charge on any atom is 0.135 e. The Labute approximate surface area is 93.4 Å². The van der Waals surface area contributed by atoms with Crippen molar-refractivity contribution in [1.82, 2.24) is 4.98 Å². The summed E-state index contributed by atoms with van der Waals surface area (Å²) in [5, 5.41) is 0.858. The normalized spacial score (nSPS) is 19.1. The van der Waals surface area contributed by atoms with E-state index in [1.807, 2.05) is 6.07 Å². The average Bonchev–Trinajstić information content (AvgIpc) is 2.00. The predicted molar refractivity (Wildman–Crippen MR) is 58.5 cm³/mol. The van der Waals surface area contributed by atoms with Gasteiger partial charge in [-0.1, -0.05) is 35.7 Å². The van der Waals surface area contributed by atoms with Crippen molar-refractivity contribution < 1.29 is 0 Å². The highest BCUT2D eigenvalue weighted by Gasteiger charge is 2.27. The van der Waals surface area contributed by atoms with Gasteiger partial charge in [-0.3, -0.25) is 0 Å². The highest BCUT2D eigenvalue weighted by Crippen LogP contribution is 2.38.